The van der Waals surface area contributed by atoms with Gasteiger partial charge in [-0.3, -0.25) is 0 Å². The predicted octanol–water partition coefficient (Wildman–Crippen LogP) is 1.36. The molecule has 0 aromatic carbocycles. The highest BCUT2D eigenvalue weighted by atomic mass is 14.9. The van der Waals surface area contributed by atoms with Gasteiger partial charge in [-0.15, -0.1) is 0 Å². The molecule has 0 aliphatic heterocycles. The molecule has 1 unspecified atom stereocenters. The van der Waals surface area contributed by atoms with Gasteiger partial charge < -0.3 is 11.1 Å². The lowest BCUT2D eigenvalue weighted by Crippen LogP contribution is -2.33. The Bertz CT molecular complexity index is 81.6. The number of nitrogens with two attached hydrogens (primary N) is 1. The number of nitrogens with one attached hydrogen (secondary N) is 1. The molecule has 2 heteroatoms. The Morgan fingerprint density at radius 1 is 1.27 bits per heavy atom. The van der Waals surface area contributed by atoms with Gasteiger partial charge in [0.1, 0.15) is 0 Å². The minimum Gasteiger partial charge on any atom is -0.329 e. The van der Waals surface area contributed by atoms with Gasteiger partial charge in [0.05, 0.1) is 0 Å². The highest BCUT2D eigenvalue weighted by Crippen LogP contribution is 2.01. The van der Waals surface area contributed by atoms with Crippen LogP contribution in [0.25, 0.3) is 0 Å². The molecule has 1 atom stereocenters. The van der Waals surface area contributed by atoms with Crippen molar-refractivity contribution in [1.82, 2.24) is 5.32 Å². The van der Waals surface area contributed by atoms with E-state index < -0.39 is 0 Å². The fourth-order valence-corrected chi connectivity index (χ4v) is 0.942. The third-order valence-electron chi connectivity index (χ3n) is 1.80. The second-order valence-electron chi connectivity index (χ2n) is 3.63. The number of hydrogen-bond acceptors (Lipinski definition) is 2. The molecule has 0 rings (SSSR count). The second kappa shape index (κ2) is 6.62. The molecule has 11 heavy (non-hydrogen) atoms. The van der Waals surface area contributed by atoms with Crippen molar-refractivity contribution in [2.75, 3.05) is 13.1 Å². The molecule has 0 saturated heterocycles. The van der Waals surface area contributed by atoms with E-state index in [1.54, 1.807) is 0 Å². The van der Waals surface area contributed by atoms with Crippen LogP contribution in [0.1, 0.15) is 33.6 Å². The van der Waals surface area contributed by atoms with E-state index >= 15 is 0 Å². The summed E-state index contributed by atoms with van der Waals surface area (Å²) in [5, 5.41) is 3.36. The van der Waals surface area contributed by atoms with E-state index in [0.29, 0.717) is 6.04 Å². The molecule has 0 aliphatic rings. The van der Waals surface area contributed by atoms with Crippen molar-refractivity contribution in [3.8, 4) is 0 Å². The molecule has 0 aromatic rings. The fourth-order valence-electron chi connectivity index (χ4n) is 0.942. The van der Waals surface area contributed by atoms with Gasteiger partial charge in [-0.2, -0.15) is 0 Å². The highest BCUT2D eigenvalue weighted by Gasteiger charge is 1.97. The van der Waals surface area contributed by atoms with Gasteiger partial charge >= 0.3 is 0 Å². The zero-order valence-electron chi connectivity index (χ0n) is 8.06. The van der Waals surface area contributed by atoms with Crippen molar-refractivity contribution in [3.63, 3.8) is 0 Å². The van der Waals surface area contributed by atoms with E-state index in [9.17, 15) is 0 Å². The van der Waals surface area contributed by atoms with Crippen LogP contribution in [-0.2, 0) is 0 Å². The summed E-state index contributed by atoms with van der Waals surface area (Å²) < 4.78 is 0. The molecule has 0 aliphatic carbocycles. The lowest BCUT2D eigenvalue weighted by molar-refractivity contribution is 0.492. The van der Waals surface area contributed by atoms with Crippen molar-refractivity contribution >= 4 is 0 Å². The monoisotopic (exact) mass is 158 g/mol. The van der Waals surface area contributed by atoms with Crippen LogP contribution in [0.3, 0.4) is 0 Å². The summed E-state index contributed by atoms with van der Waals surface area (Å²) in [6.07, 6.45) is 2.58. The molecule has 0 bridgehead atoms. The Morgan fingerprint density at radius 3 is 2.36 bits per heavy atom. The van der Waals surface area contributed by atoms with Crippen molar-refractivity contribution in [1.29, 1.82) is 0 Å². The quantitative estimate of drug-likeness (QED) is 0.573. The van der Waals surface area contributed by atoms with Gasteiger partial charge in [0.15, 0.2) is 0 Å². The average molecular weight is 158 g/mol. The van der Waals surface area contributed by atoms with Crippen molar-refractivity contribution in [2.45, 2.75) is 39.7 Å². The van der Waals surface area contributed by atoms with Gasteiger partial charge in [-0.25, -0.2) is 0 Å². The minimum atomic E-state index is 0.474. The zero-order chi connectivity index (χ0) is 8.69. The lowest BCUT2D eigenvalue weighted by atomic mass is 10.1. The van der Waals surface area contributed by atoms with Crippen molar-refractivity contribution in [2.24, 2.45) is 11.7 Å². The van der Waals surface area contributed by atoms with E-state index in [4.69, 9.17) is 5.73 Å². The largest absolute Gasteiger partial charge is 0.329 e. The first-order valence-electron chi connectivity index (χ1n) is 4.60. The molecular weight excluding hydrogens is 136 g/mol. The normalized spacial score (nSPS) is 13.9. The van der Waals surface area contributed by atoms with Crippen LogP contribution in [0.2, 0.25) is 0 Å². The predicted molar refractivity (Wildman–Crippen MR) is 50.6 cm³/mol. The molecule has 0 saturated carbocycles. The number of hydrogen-bond donors (Lipinski definition) is 2. The van der Waals surface area contributed by atoms with Gasteiger partial charge in [-0.1, -0.05) is 13.8 Å². The summed E-state index contributed by atoms with van der Waals surface area (Å²) >= 11 is 0. The van der Waals surface area contributed by atoms with Crippen molar-refractivity contribution < 1.29 is 0 Å². The molecule has 0 fully saturated rings. The Labute approximate surface area is 70.5 Å². The van der Waals surface area contributed by atoms with Crippen LogP contribution in [0.5, 0.6) is 0 Å². The maximum Gasteiger partial charge on any atom is 0.0161 e. The van der Waals surface area contributed by atoms with Gasteiger partial charge in [-0.05, 0) is 32.2 Å². The average Bonchev–Trinajstić information content (AvgIpc) is 1.97. The Kier molecular flexibility index (Phi) is 6.57. The van der Waals surface area contributed by atoms with Crippen LogP contribution in [0.4, 0.5) is 0 Å². The van der Waals surface area contributed by atoms with E-state index in [0.717, 1.165) is 19.0 Å². The Morgan fingerprint density at radius 2 is 1.91 bits per heavy atom. The maximum absolute atomic E-state index is 5.45. The molecule has 68 valence electrons. The fraction of sp³-hybridized carbons (Fsp3) is 1.00. The third kappa shape index (κ3) is 7.82. The van der Waals surface area contributed by atoms with Gasteiger partial charge in [0.2, 0.25) is 0 Å². The zero-order valence-corrected chi connectivity index (χ0v) is 8.06. The van der Waals surface area contributed by atoms with Crippen LogP contribution in [0, 0.1) is 5.92 Å². The van der Waals surface area contributed by atoms with Gasteiger partial charge in [0.25, 0.3) is 0 Å². The summed E-state index contributed by atoms with van der Waals surface area (Å²) in [6.45, 7) is 8.48. The van der Waals surface area contributed by atoms with E-state index in [1.807, 2.05) is 0 Å². The van der Waals surface area contributed by atoms with Crippen molar-refractivity contribution in [3.05, 3.63) is 0 Å². The highest BCUT2D eigenvalue weighted by molar-refractivity contribution is 4.60. The minimum absolute atomic E-state index is 0.474. The molecular formula is C9H22N2. The molecule has 0 aromatic heterocycles. The molecule has 0 heterocycles. The SMILES string of the molecule is CC(C)CCCNC(C)CN. The van der Waals surface area contributed by atoms with E-state index in [2.05, 4.69) is 26.1 Å². The first kappa shape index (κ1) is 10.9. The second-order valence-corrected chi connectivity index (χ2v) is 3.63. The molecule has 2 nitrogen and oxygen atoms in total. The van der Waals surface area contributed by atoms with Crippen LogP contribution >= 0.6 is 0 Å². The standard InChI is InChI=1S/C9H22N2/c1-8(2)5-4-6-11-9(3)7-10/h8-9,11H,4-7,10H2,1-3H3. The van der Waals surface area contributed by atoms with Crippen LogP contribution in [-0.4, -0.2) is 19.1 Å². The number of rotatable bonds is 6. The maximum atomic E-state index is 5.45. The molecule has 3 N–H and O–H groups in total. The van der Waals surface area contributed by atoms with Crippen LogP contribution in [0.15, 0.2) is 0 Å². The third-order valence-corrected chi connectivity index (χ3v) is 1.80. The smallest absolute Gasteiger partial charge is 0.0161 e. The van der Waals surface area contributed by atoms with E-state index in [1.165, 1.54) is 12.8 Å². The Balaban J connectivity index is 3.01. The Hall–Kier alpha value is -0.0800. The molecule has 0 amide bonds. The first-order valence-corrected chi connectivity index (χ1v) is 4.60. The lowest BCUT2D eigenvalue weighted by Gasteiger charge is -2.11. The summed E-state index contributed by atoms with van der Waals surface area (Å²) in [7, 11) is 0. The topological polar surface area (TPSA) is 38.0 Å². The first-order chi connectivity index (χ1) is 5.16. The van der Waals surface area contributed by atoms with Crippen LogP contribution < -0.4 is 11.1 Å². The molecule has 0 spiro atoms. The summed E-state index contributed by atoms with van der Waals surface area (Å²) in [5.74, 6) is 0.824. The summed E-state index contributed by atoms with van der Waals surface area (Å²) in [5.41, 5.74) is 5.45. The molecule has 0 radical (unpaired) electrons. The summed E-state index contributed by atoms with van der Waals surface area (Å²) in [4.78, 5) is 0. The van der Waals surface area contributed by atoms with Gasteiger partial charge in [0, 0.05) is 12.6 Å². The summed E-state index contributed by atoms with van der Waals surface area (Å²) in [6, 6.07) is 0.474. The van der Waals surface area contributed by atoms with E-state index in [-0.39, 0.29) is 0 Å².